The van der Waals surface area contributed by atoms with Crippen molar-refractivity contribution in [1.29, 1.82) is 0 Å². The van der Waals surface area contributed by atoms with Crippen LogP contribution in [0.1, 0.15) is 50.2 Å². The van der Waals surface area contributed by atoms with Gasteiger partial charge in [-0.3, -0.25) is 4.79 Å². The van der Waals surface area contributed by atoms with Gasteiger partial charge in [0, 0.05) is 22.6 Å². The highest BCUT2D eigenvalue weighted by molar-refractivity contribution is 6.02. The Bertz CT molecular complexity index is 1150. The molecule has 1 unspecified atom stereocenters. The summed E-state index contributed by atoms with van der Waals surface area (Å²) in [5.74, 6) is -0.814. The van der Waals surface area contributed by atoms with Gasteiger partial charge in [-0.25, -0.2) is 4.79 Å². The summed E-state index contributed by atoms with van der Waals surface area (Å²) in [6, 6.07) is 13.2. The van der Waals surface area contributed by atoms with E-state index in [2.05, 4.69) is 4.74 Å². The zero-order chi connectivity index (χ0) is 23.6. The number of hydrogen-bond donors (Lipinski definition) is 0. The molecule has 0 radical (unpaired) electrons. The Labute approximate surface area is 185 Å². The maximum Gasteiger partial charge on any atom is 0.387 e. The van der Waals surface area contributed by atoms with Crippen LogP contribution in [0, 0.1) is 27.7 Å². The highest BCUT2D eigenvalue weighted by atomic mass is 19.3. The van der Waals surface area contributed by atoms with E-state index in [9.17, 15) is 18.4 Å². The number of halogens is 2. The molecule has 1 heterocycles. The van der Waals surface area contributed by atoms with Crippen molar-refractivity contribution in [3.05, 3.63) is 82.2 Å². The largest absolute Gasteiger partial charge is 0.451 e. The predicted octanol–water partition coefficient (Wildman–Crippen LogP) is 5.74. The molecule has 0 amide bonds. The van der Waals surface area contributed by atoms with E-state index < -0.39 is 18.7 Å². The smallest absolute Gasteiger partial charge is 0.387 e. The molecule has 1 atom stereocenters. The van der Waals surface area contributed by atoms with Crippen LogP contribution in [0.5, 0.6) is 5.75 Å². The van der Waals surface area contributed by atoms with Crippen LogP contribution in [0.15, 0.2) is 48.5 Å². The first kappa shape index (κ1) is 23.2. The monoisotopic (exact) mass is 441 g/mol. The molecule has 168 valence electrons. The Morgan fingerprint density at radius 3 is 2.22 bits per heavy atom. The fourth-order valence-corrected chi connectivity index (χ4v) is 3.65. The summed E-state index contributed by atoms with van der Waals surface area (Å²) in [4.78, 5) is 25.7. The number of nitrogens with zero attached hydrogens (tertiary/aromatic N) is 1. The average Bonchev–Trinajstić information content (AvgIpc) is 3.03. The molecule has 0 bridgehead atoms. The first-order chi connectivity index (χ1) is 15.1. The summed E-state index contributed by atoms with van der Waals surface area (Å²) in [6.07, 6.45) is -0.974. The number of aryl methyl sites for hydroxylation is 2. The van der Waals surface area contributed by atoms with E-state index >= 15 is 0 Å². The maximum atomic E-state index is 13.1. The van der Waals surface area contributed by atoms with Crippen molar-refractivity contribution in [3.8, 4) is 11.4 Å². The summed E-state index contributed by atoms with van der Waals surface area (Å²) in [6.45, 7) is 6.01. The molecule has 3 rings (SSSR count). The molecule has 0 spiro atoms. The van der Waals surface area contributed by atoms with Gasteiger partial charge in [0.1, 0.15) is 5.75 Å². The minimum absolute atomic E-state index is 0.0505. The molecule has 2 aromatic carbocycles. The lowest BCUT2D eigenvalue weighted by Gasteiger charge is -2.15. The molecule has 0 aliphatic heterocycles. The lowest BCUT2D eigenvalue weighted by molar-refractivity contribution is -0.0498. The summed E-state index contributed by atoms with van der Waals surface area (Å²) < 4.78 is 36.4. The summed E-state index contributed by atoms with van der Waals surface area (Å²) in [5, 5.41) is 0. The van der Waals surface area contributed by atoms with Gasteiger partial charge in [-0.05, 0) is 82.1 Å². The second-order valence-electron chi connectivity index (χ2n) is 7.65. The normalized spacial score (nSPS) is 12.0. The number of benzene rings is 2. The van der Waals surface area contributed by atoms with Gasteiger partial charge >= 0.3 is 12.6 Å². The first-order valence-electron chi connectivity index (χ1n) is 10.2. The van der Waals surface area contributed by atoms with E-state index in [1.54, 1.807) is 44.2 Å². The third-order valence-electron chi connectivity index (χ3n) is 5.49. The maximum absolute atomic E-state index is 13.1. The van der Waals surface area contributed by atoms with Crippen molar-refractivity contribution < 1.29 is 27.8 Å². The number of carbonyl (C=O) groups is 2. The quantitative estimate of drug-likeness (QED) is 0.347. The minimum atomic E-state index is -2.90. The topological polar surface area (TPSA) is 57.5 Å². The molecule has 0 saturated heterocycles. The number of aromatic nitrogens is 1. The van der Waals surface area contributed by atoms with Gasteiger partial charge in [-0.15, -0.1) is 0 Å². The van der Waals surface area contributed by atoms with Crippen LogP contribution < -0.4 is 4.74 Å². The number of alkyl halides is 2. The molecule has 1 aromatic heterocycles. The molecule has 0 saturated carbocycles. The van der Waals surface area contributed by atoms with Gasteiger partial charge < -0.3 is 14.0 Å². The second-order valence-corrected chi connectivity index (χ2v) is 7.65. The lowest BCUT2D eigenvalue weighted by Crippen LogP contribution is -2.25. The fourth-order valence-electron chi connectivity index (χ4n) is 3.65. The number of carbonyl (C=O) groups excluding carboxylic acids is 2. The Kier molecular flexibility index (Phi) is 6.77. The van der Waals surface area contributed by atoms with E-state index in [1.807, 2.05) is 31.4 Å². The van der Waals surface area contributed by atoms with Gasteiger partial charge in [-0.2, -0.15) is 8.78 Å². The van der Waals surface area contributed by atoms with Crippen LogP contribution in [-0.2, 0) is 4.74 Å². The molecule has 0 aliphatic rings. The number of rotatable bonds is 7. The first-order valence-corrected chi connectivity index (χ1v) is 10.2. The minimum Gasteiger partial charge on any atom is -0.451 e. The molecule has 5 nitrogen and oxygen atoms in total. The zero-order valence-corrected chi connectivity index (χ0v) is 18.6. The molecule has 0 aliphatic carbocycles. The second kappa shape index (κ2) is 9.34. The number of Topliss-reactive ketones (excluding diaryl/α,β-unsaturated/α-hetero) is 1. The molecular formula is C25H25F2NO4. The number of ketones is 1. The van der Waals surface area contributed by atoms with E-state index in [0.717, 1.165) is 16.8 Å². The van der Waals surface area contributed by atoms with E-state index in [0.29, 0.717) is 22.5 Å². The Hall–Kier alpha value is -3.48. The van der Waals surface area contributed by atoms with Crippen molar-refractivity contribution >= 4 is 11.8 Å². The Balaban J connectivity index is 1.82. The van der Waals surface area contributed by atoms with E-state index in [-0.39, 0.29) is 11.5 Å². The number of hydrogen-bond acceptors (Lipinski definition) is 4. The fraction of sp³-hybridized carbons (Fsp3) is 0.280. The number of ether oxygens (including phenoxy) is 2. The van der Waals surface area contributed by atoms with Crippen molar-refractivity contribution in [2.75, 3.05) is 0 Å². The van der Waals surface area contributed by atoms with Crippen LogP contribution in [0.2, 0.25) is 0 Å². The standard InChI is InChI=1S/C25H25F2NO4/c1-14-7-6-8-21(16(14)3)24(30)31-18(5)23(29)22-13-15(2)28(17(22)4)19-9-11-20(12-10-19)32-25(26)27/h6-13,18,25H,1-5H3. The van der Waals surface area contributed by atoms with Crippen LogP contribution in [-0.4, -0.2) is 29.0 Å². The number of esters is 1. The van der Waals surface area contributed by atoms with E-state index in [4.69, 9.17) is 4.74 Å². The van der Waals surface area contributed by atoms with Crippen molar-refractivity contribution in [2.24, 2.45) is 0 Å². The lowest BCUT2D eigenvalue weighted by atomic mass is 10.0. The van der Waals surface area contributed by atoms with Crippen LogP contribution in [0.25, 0.3) is 5.69 Å². The van der Waals surface area contributed by atoms with Crippen LogP contribution >= 0.6 is 0 Å². The van der Waals surface area contributed by atoms with Crippen molar-refractivity contribution in [1.82, 2.24) is 4.57 Å². The van der Waals surface area contributed by atoms with Gasteiger partial charge in [0.05, 0.1) is 5.56 Å². The SMILES string of the molecule is Cc1cccc(C(=O)OC(C)C(=O)c2cc(C)n(-c3ccc(OC(F)F)cc3)c2C)c1C. The van der Waals surface area contributed by atoms with Gasteiger partial charge in [0.25, 0.3) is 0 Å². The molecule has 32 heavy (non-hydrogen) atoms. The van der Waals surface area contributed by atoms with Crippen LogP contribution in [0.4, 0.5) is 8.78 Å². The van der Waals surface area contributed by atoms with Crippen molar-refractivity contribution in [3.63, 3.8) is 0 Å². The van der Waals surface area contributed by atoms with Gasteiger partial charge in [0.2, 0.25) is 5.78 Å². The molecule has 0 N–H and O–H groups in total. The van der Waals surface area contributed by atoms with Gasteiger partial charge in [0.15, 0.2) is 6.10 Å². The third kappa shape index (κ3) is 4.72. The Morgan fingerprint density at radius 2 is 1.59 bits per heavy atom. The molecule has 3 aromatic rings. The zero-order valence-electron chi connectivity index (χ0n) is 18.6. The van der Waals surface area contributed by atoms with Gasteiger partial charge in [-0.1, -0.05) is 12.1 Å². The summed E-state index contributed by atoms with van der Waals surface area (Å²) in [5.41, 5.74) is 4.77. The third-order valence-corrected chi connectivity index (χ3v) is 5.49. The Morgan fingerprint density at radius 1 is 0.938 bits per heavy atom. The summed E-state index contributed by atoms with van der Waals surface area (Å²) in [7, 11) is 0. The highest BCUT2D eigenvalue weighted by Gasteiger charge is 2.25. The molecule has 0 fully saturated rings. The average molecular weight is 441 g/mol. The molecule has 7 heteroatoms. The predicted molar refractivity (Wildman–Crippen MR) is 117 cm³/mol. The highest BCUT2D eigenvalue weighted by Crippen LogP contribution is 2.25. The van der Waals surface area contributed by atoms with Crippen LogP contribution in [0.3, 0.4) is 0 Å². The van der Waals surface area contributed by atoms with Crippen molar-refractivity contribution in [2.45, 2.75) is 47.3 Å². The van der Waals surface area contributed by atoms with E-state index in [1.165, 1.54) is 12.1 Å². The summed E-state index contributed by atoms with van der Waals surface area (Å²) >= 11 is 0. The molecular weight excluding hydrogens is 416 g/mol.